The summed E-state index contributed by atoms with van der Waals surface area (Å²) in [5, 5.41) is 0. The van der Waals surface area contributed by atoms with Crippen molar-refractivity contribution < 1.29 is 19.0 Å². The molecule has 0 spiro atoms. The summed E-state index contributed by atoms with van der Waals surface area (Å²) in [5.74, 6) is 0.620. The molecule has 0 aliphatic rings. The van der Waals surface area contributed by atoms with Crippen LogP contribution in [0.1, 0.15) is 38.9 Å². The number of hydrogen-bond acceptors (Lipinski definition) is 4. The van der Waals surface area contributed by atoms with Gasteiger partial charge in [-0.1, -0.05) is 60.7 Å². The quantitative estimate of drug-likeness (QED) is 0.319. The van der Waals surface area contributed by atoms with E-state index >= 15 is 0 Å². The predicted octanol–water partition coefficient (Wildman–Crippen LogP) is 4.72. The fourth-order valence-electron chi connectivity index (χ4n) is 3.08. The number of carbonyl (C=O) groups excluding carboxylic acids is 1. The van der Waals surface area contributed by atoms with Gasteiger partial charge in [0.25, 0.3) is 0 Å². The molecule has 29 heavy (non-hydrogen) atoms. The second-order valence-corrected chi connectivity index (χ2v) is 6.48. The van der Waals surface area contributed by atoms with Crippen molar-refractivity contribution in [1.82, 2.24) is 0 Å². The molecule has 0 aliphatic heterocycles. The van der Waals surface area contributed by atoms with E-state index in [1.165, 1.54) is 0 Å². The lowest BCUT2D eigenvalue weighted by Crippen LogP contribution is -2.13. The Bertz CT molecular complexity index is 922. The number of ether oxygens (including phenoxy) is 3. The minimum atomic E-state index is -0.665. The van der Waals surface area contributed by atoms with Crippen LogP contribution >= 0.6 is 0 Å². The van der Waals surface area contributed by atoms with E-state index in [1.54, 1.807) is 26.4 Å². The van der Waals surface area contributed by atoms with Crippen molar-refractivity contribution in [2.45, 2.75) is 19.8 Å². The van der Waals surface area contributed by atoms with E-state index in [-0.39, 0.29) is 14.2 Å². The summed E-state index contributed by atoms with van der Waals surface area (Å²) in [6.45, 7) is 2.37. The van der Waals surface area contributed by atoms with Crippen LogP contribution in [0.25, 0.3) is 0 Å². The molecule has 0 aliphatic carbocycles. The molecule has 0 unspecified atom stereocenters. The van der Waals surface area contributed by atoms with Gasteiger partial charge in [-0.05, 0) is 30.2 Å². The van der Waals surface area contributed by atoms with E-state index in [1.807, 2.05) is 67.6 Å². The molecule has 4 nitrogen and oxygen atoms in total. The molecular weight excluding hydrogens is 363 g/mol. The molecule has 0 saturated carbocycles. The van der Waals surface area contributed by atoms with Crippen LogP contribution in [-0.2, 0) is 16.1 Å². The summed E-state index contributed by atoms with van der Waals surface area (Å²) < 4.78 is 16.9. The van der Waals surface area contributed by atoms with Gasteiger partial charge < -0.3 is 14.2 Å². The van der Waals surface area contributed by atoms with Gasteiger partial charge in [-0.2, -0.15) is 0 Å². The van der Waals surface area contributed by atoms with E-state index in [0.29, 0.717) is 29.0 Å². The second-order valence-electron chi connectivity index (χ2n) is 6.48. The van der Waals surface area contributed by atoms with Crippen molar-refractivity contribution >= 4 is 14.2 Å². The summed E-state index contributed by atoms with van der Waals surface area (Å²) in [5.41, 5.74) is 3.76. The van der Waals surface area contributed by atoms with Gasteiger partial charge in [0.2, 0.25) is 0 Å². The molecule has 0 heterocycles. The monoisotopic (exact) mass is 387 g/mol. The van der Waals surface area contributed by atoms with E-state index in [4.69, 9.17) is 14.2 Å². The minimum absolute atomic E-state index is 0. The molecule has 3 radical (unpaired) electrons. The van der Waals surface area contributed by atoms with Crippen LogP contribution in [0.2, 0.25) is 0 Å². The molecule has 0 saturated heterocycles. The fourth-order valence-corrected chi connectivity index (χ4v) is 3.08. The lowest BCUT2D eigenvalue weighted by Gasteiger charge is -2.20. The fraction of sp³-hybridized carbons (Fsp3) is 0.208. The summed E-state index contributed by atoms with van der Waals surface area (Å²) >= 11 is 0. The zero-order chi connectivity index (χ0) is 19.9. The Labute approximate surface area is 174 Å². The maximum Gasteiger partial charge on any atom is 0.193 e. The minimum Gasteiger partial charge on any atom is -0.489 e. The molecule has 3 rings (SSSR count). The molecule has 0 amide bonds. The molecule has 3 aromatic rings. The number of aryl methyl sites for hydroxylation is 1. The van der Waals surface area contributed by atoms with Crippen LogP contribution in [0.4, 0.5) is 0 Å². The van der Waals surface area contributed by atoms with Crippen molar-refractivity contribution in [3.8, 4) is 5.75 Å². The third kappa shape index (κ3) is 5.34. The number of rotatable bonds is 8. The van der Waals surface area contributed by atoms with E-state index in [2.05, 4.69) is 0 Å². The average Bonchev–Trinajstić information content (AvgIpc) is 2.75. The van der Waals surface area contributed by atoms with Crippen molar-refractivity contribution in [3.63, 3.8) is 0 Å². The molecule has 0 atom stereocenters. The largest absolute Gasteiger partial charge is 0.489 e. The number of hydrogen-bond donors (Lipinski definition) is 0. The molecule has 0 fully saturated rings. The average molecular weight is 387 g/mol. The topological polar surface area (TPSA) is 44.8 Å². The zero-order valence-electron chi connectivity index (χ0n) is 16.9. The van der Waals surface area contributed by atoms with Crippen molar-refractivity contribution in [2.75, 3.05) is 14.2 Å². The van der Waals surface area contributed by atoms with Gasteiger partial charge in [0.05, 0.1) is 0 Å². The zero-order valence-corrected chi connectivity index (χ0v) is 16.9. The Hall–Kier alpha value is -2.89. The van der Waals surface area contributed by atoms with Gasteiger partial charge in [0.1, 0.15) is 12.4 Å². The number of ketones is 1. The van der Waals surface area contributed by atoms with E-state index < -0.39 is 6.29 Å². The van der Waals surface area contributed by atoms with Gasteiger partial charge in [-0.25, -0.2) is 0 Å². The second kappa shape index (κ2) is 10.6. The van der Waals surface area contributed by atoms with Crippen LogP contribution in [0, 0.1) is 6.92 Å². The van der Waals surface area contributed by atoms with Crippen LogP contribution in [0.5, 0.6) is 5.75 Å². The molecule has 0 aromatic heterocycles. The molecule has 0 bridgehead atoms. The standard InChI is InChI=1S/C24H24O4.B/c1-17-14-20(23(25)19-12-8-5-9-13-19)21(24(26-2)27-3)15-22(17)28-16-18-10-6-4-7-11-18;/h4-15,24H,16H2,1-3H3;. The Kier molecular flexibility index (Phi) is 8.19. The van der Waals surface area contributed by atoms with Crippen molar-refractivity contribution in [2.24, 2.45) is 0 Å². The normalized spacial score (nSPS) is 10.5. The maximum atomic E-state index is 13.1. The number of benzene rings is 3. The lowest BCUT2D eigenvalue weighted by molar-refractivity contribution is -0.106. The lowest BCUT2D eigenvalue weighted by atomic mass is 9.95. The highest BCUT2D eigenvalue weighted by molar-refractivity contribution is 6.10. The molecule has 3 aromatic carbocycles. The molecule has 0 N–H and O–H groups in total. The Morgan fingerprint density at radius 2 is 1.48 bits per heavy atom. The maximum absolute atomic E-state index is 13.1. The Morgan fingerprint density at radius 3 is 2.07 bits per heavy atom. The van der Waals surface area contributed by atoms with Gasteiger partial charge in [0.15, 0.2) is 12.1 Å². The van der Waals surface area contributed by atoms with Crippen LogP contribution in [-0.4, -0.2) is 28.4 Å². The van der Waals surface area contributed by atoms with Gasteiger partial charge in [0, 0.05) is 39.3 Å². The first-order chi connectivity index (χ1) is 13.6. The van der Waals surface area contributed by atoms with E-state index in [0.717, 1.165) is 11.1 Å². The molecule has 147 valence electrons. The van der Waals surface area contributed by atoms with Crippen LogP contribution < -0.4 is 4.74 Å². The van der Waals surface area contributed by atoms with E-state index in [9.17, 15) is 4.79 Å². The Morgan fingerprint density at radius 1 is 0.897 bits per heavy atom. The van der Waals surface area contributed by atoms with Crippen molar-refractivity contribution in [1.29, 1.82) is 0 Å². The first-order valence-corrected chi connectivity index (χ1v) is 9.10. The highest BCUT2D eigenvalue weighted by Gasteiger charge is 2.22. The summed E-state index contributed by atoms with van der Waals surface area (Å²) in [6.07, 6.45) is -0.665. The third-order valence-corrected chi connectivity index (χ3v) is 4.55. The SMILES string of the molecule is COC(OC)c1cc(OCc2ccccc2)c(C)cc1C(=O)c1ccccc1.[B]. The highest BCUT2D eigenvalue weighted by atomic mass is 16.7. The molecular formula is C24H24BO4. The molecule has 5 heteroatoms. The van der Waals surface area contributed by atoms with Crippen molar-refractivity contribution in [3.05, 3.63) is 101 Å². The summed E-state index contributed by atoms with van der Waals surface area (Å²) in [7, 11) is 3.10. The number of methoxy groups -OCH3 is 2. The smallest absolute Gasteiger partial charge is 0.193 e. The van der Waals surface area contributed by atoms with Gasteiger partial charge in [-0.15, -0.1) is 0 Å². The summed E-state index contributed by atoms with van der Waals surface area (Å²) in [6, 6.07) is 22.8. The van der Waals surface area contributed by atoms with Gasteiger partial charge >= 0.3 is 0 Å². The first kappa shape index (κ1) is 22.4. The third-order valence-electron chi connectivity index (χ3n) is 4.55. The first-order valence-electron chi connectivity index (χ1n) is 9.10. The number of carbonyl (C=O) groups is 1. The highest BCUT2D eigenvalue weighted by Crippen LogP contribution is 2.31. The Balaban J connectivity index is 0.00000300. The predicted molar refractivity (Wildman–Crippen MR) is 114 cm³/mol. The van der Waals surface area contributed by atoms with Crippen LogP contribution in [0.15, 0.2) is 72.8 Å². The van der Waals surface area contributed by atoms with Crippen LogP contribution in [0.3, 0.4) is 0 Å². The summed E-state index contributed by atoms with van der Waals surface area (Å²) in [4.78, 5) is 13.1. The van der Waals surface area contributed by atoms with Gasteiger partial charge in [-0.3, -0.25) is 4.79 Å².